The lowest BCUT2D eigenvalue weighted by Gasteiger charge is -1.84. The van der Waals surface area contributed by atoms with Gasteiger partial charge in [-0.15, -0.1) is 0 Å². The third-order valence-electron chi connectivity index (χ3n) is 0.583. The summed E-state index contributed by atoms with van der Waals surface area (Å²) in [6, 6.07) is 1.68. The molecule has 1 aromatic heterocycles. The molecule has 1 rings (SSSR count). The lowest BCUT2D eigenvalue weighted by molar-refractivity contribution is 0.518. The van der Waals surface area contributed by atoms with E-state index in [1.807, 2.05) is 0 Å². The summed E-state index contributed by atoms with van der Waals surface area (Å²) >= 11 is 1.28. The zero-order valence-electron chi connectivity index (χ0n) is 3.90. The second kappa shape index (κ2) is 2.84. The summed E-state index contributed by atoms with van der Waals surface area (Å²) in [7, 11) is -1.16. The average Bonchev–Trinajstić information content (AvgIpc) is 2.19. The van der Waals surface area contributed by atoms with Crippen LogP contribution in [0.4, 0.5) is 0 Å². The fraction of sp³-hybridized carbons (Fsp3) is 0. The number of nitrogens with zero attached hydrogens (tertiary/aromatic N) is 1. The Bertz CT molecular complexity index is 164. The molecule has 0 aromatic carbocycles. The van der Waals surface area contributed by atoms with Crippen LogP contribution < -0.4 is 4.52 Å². The van der Waals surface area contributed by atoms with Crippen molar-refractivity contribution in [3.63, 3.8) is 0 Å². The van der Waals surface area contributed by atoms with Crippen molar-refractivity contribution >= 4 is 20.2 Å². The Balaban J connectivity index is 2.62. The maximum atomic E-state index is 9.82. The number of hydrogen-bond donors (Lipinski definition) is 0. The highest BCUT2D eigenvalue weighted by Gasteiger charge is 1.88. The summed E-state index contributed by atoms with van der Waals surface area (Å²) < 4.78 is 18.1. The molecule has 8 heavy (non-hydrogen) atoms. The molecule has 0 aliphatic carbocycles. The van der Waals surface area contributed by atoms with Crippen molar-refractivity contribution in [1.29, 1.82) is 0 Å². The normalized spacial score (nSPS) is 10.5. The van der Waals surface area contributed by atoms with Gasteiger partial charge in [0.05, 0.1) is 0 Å². The minimum atomic E-state index is -1.16. The fourth-order valence-electron chi connectivity index (χ4n) is 0.312. The third kappa shape index (κ3) is 1.32. The summed E-state index contributed by atoms with van der Waals surface area (Å²) in [6.07, 6.45) is 0. The Morgan fingerprint density at radius 3 is 3.25 bits per heavy atom. The van der Waals surface area contributed by atoms with Crippen LogP contribution in [0, 0.1) is 0 Å². The van der Waals surface area contributed by atoms with E-state index in [9.17, 15) is 4.57 Å². The highest BCUT2D eigenvalue weighted by Crippen LogP contribution is 2.12. The standard InChI is InChI=1S/C3H4NO2PS/c5-7-6-3-1-2-8-4-3/h1-2H,7H2. The Labute approximate surface area is 51.8 Å². The molecule has 1 aromatic rings. The van der Waals surface area contributed by atoms with Crippen molar-refractivity contribution < 1.29 is 9.09 Å². The van der Waals surface area contributed by atoms with Crippen LogP contribution in [0.3, 0.4) is 0 Å². The van der Waals surface area contributed by atoms with Crippen LogP contribution in [0.5, 0.6) is 5.88 Å². The molecule has 0 saturated heterocycles. The highest BCUT2D eigenvalue weighted by molar-refractivity contribution is 7.17. The van der Waals surface area contributed by atoms with E-state index in [0.717, 1.165) is 0 Å². The molecule has 1 atom stereocenters. The zero-order valence-corrected chi connectivity index (χ0v) is 5.88. The largest absolute Gasteiger partial charge is 0.428 e. The van der Waals surface area contributed by atoms with Crippen LogP contribution in [0.25, 0.3) is 0 Å². The van der Waals surface area contributed by atoms with E-state index in [1.54, 1.807) is 11.4 Å². The Morgan fingerprint density at radius 1 is 1.88 bits per heavy atom. The van der Waals surface area contributed by atoms with E-state index in [-0.39, 0.29) is 0 Å². The molecule has 0 spiro atoms. The van der Waals surface area contributed by atoms with E-state index < -0.39 is 8.69 Å². The molecule has 1 heterocycles. The van der Waals surface area contributed by atoms with Crippen LogP contribution in [0.1, 0.15) is 0 Å². The van der Waals surface area contributed by atoms with Crippen LogP contribution in [-0.2, 0) is 4.57 Å². The number of aromatic nitrogens is 1. The lowest BCUT2D eigenvalue weighted by atomic mass is 10.7. The van der Waals surface area contributed by atoms with Gasteiger partial charge in [-0.25, -0.2) is 0 Å². The number of rotatable bonds is 2. The summed E-state index contributed by atoms with van der Waals surface area (Å²) in [5.41, 5.74) is 0. The molecule has 5 heteroatoms. The molecular weight excluding hydrogens is 145 g/mol. The van der Waals surface area contributed by atoms with Crippen LogP contribution >= 0.6 is 20.2 Å². The molecule has 0 saturated carbocycles. The van der Waals surface area contributed by atoms with Gasteiger partial charge in [-0.1, -0.05) is 0 Å². The van der Waals surface area contributed by atoms with Crippen molar-refractivity contribution in [1.82, 2.24) is 4.37 Å². The first-order valence-electron chi connectivity index (χ1n) is 1.94. The van der Waals surface area contributed by atoms with Gasteiger partial charge in [0.25, 0.3) is 0 Å². The molecule has 3 nitrogen and oxygen atoms in total. The first kappa shape index (κ1) is 5.79. The quantitative estimate of drug-likeness (QED) is 0.593. The maximum absolute atomic E-state index is 9.82. The van der Waals surface area contributed by atoms with E-state index in [2.05, 4.69) is 8.90 Å². The van der Waals surface area contributed by atoms with Crippen molar-refractivity contribution in [3.8, 4) is 5.88 Å². The highest BCUT2D eigenvalue weighted by atomic mass is 32.1. The van der Waals surface area contributed by atoms with Crippen LogP contribution in [0.15, 0.2) is 11.4 Å². The van der Waals surface area contributed by atoms with E-state index in [1.165, 1.54) is 11.5 Å². The molecular formula is C3H4NO2PS. The minimum Gasteiger partial charge on any atom is -0.428 e. The predicted molar refractivity (Wildman–Crippen MR) is 33.1 cm³/mol. The fourth-order valence-corrected chi connectivity index (χ4v) is 1.06. The molecule has 0 aliphatic rings. The SMILES string of the molecule is O=[PH2]Oc1ccsn1. The summed E-state index contributed by atoms with van der Waals surface area (Å²) in [4.78, 5) is 0. The van der Waals surface area contributed by atoms with Gasteiger partial charge in [-0.2, -0.15) is 4.37 Å². The Kier molecular flexibility index (Phi) is 2.06. The van der Waals surface area contributed by atoms with Crippen molar-refractivity contribution in [2.24, 2.45) is 0 Å². The summed E-state index contributed by atoms with van der Waals surface area (Å²) in [5.74, 6) is 0.458. The van der Waals surface area contributed by atoms with Crippen LogP contribution in [-0.4, -0.2) is 4.37 Å². The first-order valence-corrected chi connectivity index (χ1v) is 3.72. The molecule has 0 fully saturated rings. The second-order valence-electron chi connectivity index (χ2n) is 1.05. The molecule has 1 unspecified atom stereocenters. The van der Waals surface area contributed by atoms with Crippen LogP contribution in [0.2, 0.25) is 0 Å². The lowest BCUT2D eigenvalue weighted by Crippen LogP contribution is -1.68. The third-order valence-corrected chi connectivity index (χ3v) is 1.46. The molecule has 0 N–H and O–H groups in total. The smallest absolute Gasteiger partial charge is 0.230 e. The van der Waals surface area contributed by atoms with Crippen molar-refractivity contribution in [2.45, 2.75) is 0 Å². The van der Waals surface area contributed by atoms with E-state index >= 15 is 0 Å². The van der Waals surface area contributed by atoms with Gasteiger partial charge < -0.3 is 4.52 Å². The average molecular weight is 149 g/mol. The minimum absolute atomic E-state index is 0.458. The van der Waals surface area contributed by atoms with Gasteiger partial charge in [-0.05, 0) is 11.5 Å². The van der Waals surface area contributed by atoms with Gasteiger partial charge in [-0.3, -0.25) is 4.57 Å². The molecule has 0 amide bonds. The molecule has 44 valence electrons. The van der Waals surface area contributed by atoms with E-state index in [0.29, 0.717) is 5.88 Å². The maximum Gasteiger partial charge on any atom is 0.230 e. The van der Waals surface area contributed by atoms with Gasteiger partial charge in [0.15, 0.2) is 0 Å². The summed E-state index contributed by atoms with van der Waals surface area (Å²) in [6.45, 7) is 0. The zero-order chi connectivity index (χ0) is 5.82. The molecule has 0 radical (unpaired) electrons. The monoisotopic (exact) mass is 149 g/mol. The van der Waals surface area contributed by atoms with Crippen molar-refractivity contribution in [3.05, 3.63) is 11.4 Å². The second-order valence-corrected chi connectivity index (χ2v) is 2.15. The number of hydrogen-bond acceptors (Lipinski definition) is 4. The topological polar surface area (TPSA) is 39.2 Å². The van der Waals surface area contributed by atoms with Gasteiger partial charge >= 0.3 is 0 Å². The molecule has 0 bridgehead atoms. The van der Waals surface area contributed by atoms with Gasteiger partial charge in [0, 0.05) is 11.4 Å². The molecule has 0 aliphatic heterocycles. The Hall–Kier alpha value is -0.340. The summed E-state index contributed by atoms with van der Waals surface area (Å²) in [5, 5.41) is 1.77. The van der Waals surface area contributed by atoms with Gasteiger partial charge in [0.2, 0.25) is 14.6 Å². The van der Waals surface area contributed by atoms with Gasteiger partial charge in [0.1, 0.15) is 0 Å². The first-order chi connectivity index (χ1) is 3.93. The van der Waals surface area contributed by atoms with Crippen molar-refractivity contribution in [2.75, 3.05) is 0 Å². The Morgan fingerprint density at radius 2 is 2.75 bits per heavy atom. The predicted octanol–water partition coefficient (Wildman–Crippen LogP) is 1.19. The van der Waals surface area contributed by atoms with E-state index in [4.69, 9.17) is 0 Å².